The van der Waals surface area contributed by atoms with E-state index in [1.807, 2.05) is 0 Å². The molecule has 0 unspecified atom stereocenters. The first-order valence-electron chi connectivity index (χ1n) is 7.18. The predicted molar refractivity (Wildman–Crippen MR) is 84.8 cm³/mol. The molecule has 3 nitrogen and oxygen atoms in total. The van der Waals surface area contributed by atoms with Gasteiger partial charge in [0.2, 0.25) is 0 Å². The number of fused-ring (bicyclic) bond motifs is 1. The van der Waals surface area contributed by atoms with Crippen molar-refractivity contribution in [1.82, 2.24) is 4.57 Å². The SMILES string of the molecule is CCn1c(COc2ccc(O)cc2)cc2ccc(C)cc21. The van der Waals surface area contributed by atoms with Crippen LogP contribution in [-0.2, 0) is 13.2 Å². The normalized spacial score (nSPS) is 11.0. The van der Waals surface area contributed by atoms with Crippen LogP contribution in [0.5, 0.6) is 11.5 Å². The van der Waals surface area contributed by atoms with E-state index in [-0.39, 0.29) is 5.75 Å². The number of hydrogen-bond acceptors (Lipinski definition) is 2. The van der Waals surface area contributed by atoms with Crippen molar-refractivity contribution in [3.63, 3.8) is 0 Å². The first-order chi connectivity index (χ1) is 10.2. The first kappa shape index (κ1) is 13.6. The topological polar surface area (TPSA) is 34.4 Å². The fourth-order valence-electron chi connectivity index (χ4n) is 2.61. The molecule has 0 saturated heterocycles. The molecule has 1 aromatic heterocycles. The lowest BCUT2D eigenvalue weighted by atomic mass is 10.2. The quantitative estimate of drug-likeness (QED) is 0.775. The number of nitrogens with zero attached hydrogens (tertiary/aromatic N) is 1. The number of aromatic nitrogens is 1. The highest BCUT2D eigenvalue weighted by Gasteiger charge is 2.08. The molecule has 108 valence electrons. The molecule has 3 aromatic rings. The summed E-state index contributed by atoms with van der Waals surface area (Å²) in [6.07, 6.45) is 0. The summed E-state index contributed by atoms with van der Waals surface area (Å²) in [5.41, 5.74) is 3.68. The molecule has 1 N–H and O–H groups in total. The van der Waals surface area contributed by atoms with Gasteiger partial charge in [0.25, 0.3) is 0 Å². The number of aromatic hydroxyl groups is 1. The van der Waals surface area contributed by atoms with Crippen LogP contribution in [0, 0.1) is 6.92 Å². The van der Waals surface area contributed by atoms with E-state index < -0.39 is 0 Å². The van der Waals surface area contributed by atoms with Gasteiger partial charge in [0.05, 0.1) is 5.69 Å². The van der Waals surface area contributed by atoms with E-state index in [0.29, 0.717) is 6.61 Å². The lowest BCUT2D eigenvalue weighted by Gasteiger charge is -2.10. The highest BCUT2D eigenvalue weighted by Crippen LogP contribution is 2.23. The number of phenols is 1. The van der Waals surface area contributed by atoms with Gasteiger partial charge in [-0.1, -0.05) is 12.1 Å². The molecule has 0 spiro atoms. The van der Waals surface area contributed by atoms with E-state index in [1.54, 1.807) is 24.3 Å². The molecular formula is C18H19NO2. The summed E-state index contributed by atoms with van der Waals surface area (Å²) >= 11 is 0. The Morgan fingerprint density at radius 3 is 2.52 bits per heavy atom. The molecule has 1 heterocycles. The number of aryl methyl sites for hydroxylation is 2. The molecule has 0 amide bonds. The minimum absolute atomic E-state index is 0.250. The monoisotopic (exact) mass is 281 g/mol. The first-order valence-corrected chi connectivity index (χ1v) is 7.18. The van der Waals surface area contributed by atoms with E-state index in [0.717, 1.165) is 18.0 Å². The number of rotatable bonds is 4. The van der Waals surface area contributed by atoms with Crippen molar-refractivity contribution in [1.29, 1.82) is 0 Å². The van der Waals surface area contributed by atoms with Crippen molar-refractivity contribution in [3.8, 4) is 11.5 Å². The third-order valence-electron chi connectivity index (χ3n) is 3.69. The van der Waals surface area contributed by atoms with Crippen LogP contribution in [0.25, 0.3) is 10.9 Å². The molecular weight excluding hydrogens is 262 g/mol. The molecule has 0 bridgehead atoms. The van der Waals surface area contributed by atoms with Crippen molar-refractivity contribution in [2.24, 2.45) is 0 Å². The molecule has 21 heavy (non-hydrogen) atoms. The predicted octanol–water partition coefficient (Wildman–Crippen LogP) is 4.25. The Bertz CT molecular complexity index is 757. The van der Waals surface area contributed by atoms with Crippen LogP contribution in [0.4, 0.5) is 0 Å². The van der Waals surface area contributed by atoms with E-state index in [1.165, 1.54) is 16.5 Å². The van der Waals surface area contributed by atoms with E-state index in [2.05, 4.69) is 42.7 Å². The van der Waals surface area contributed by atoms with E-state index in [9.17, 15) is 5.11 Å². The van der Waals surface area contributed by atoms with E-state index >= 15 is 0 Å². The lowest BCUT2D eigenvalue weighted by molar-refractivity contribution is 0.295. The van der Waals surface area contributed by atoms with Gasteiger partial charge in [-0.05, 0) is 55.8 Å². The highest BCUT2D eigenvalue weighted by molar-refractivity contribution is 5.82. The van der Waals surface area contributed by atoms with Gasteiger partial charge in [-0.3, -0.25) is 0 Å². The molecule has 0 aliphatic rings. The molecule has 0 aliphatic carbocycles. The van der Waals surface area contributed by atoms with Crippen LogP contribution in [0.2, 0.25) is 0 Å². The molecule has 0 aliphatic heterocycles. The summed E-state index contributed by atoms with van der Waals surface area (Å²) in [6.45, 7) is 5.69. The van der Waals surface area contributed by atoms with Crippen molar-refractivity contribution in [2.75, 3.05) is 0 Å². The summed E-state index contributed by atoms with van der Waals surface area (Å²) in [5.74, 6) is 1.01. The Hall–Kier alpha value is -2.42. The van der Waals surface area contributed by atoms with Crippen LogP contribution in [-0.4, -0.2) is 9.67 Å². The Kier molecular flexibility index (Phi) is 3.57. The van der Waals surface area contributed by atoms with Gasteiger partial charge in [0.1, 0.15) is 18.1 Å². The van der Waals surface area contributed by atoms with Gasteiger partial charge in [0.15, 0.2) is 0 Å². The number of ether oxygens (including phenoxy) is 1. The zero-order valence-corrected chi connectivity index (χ0v) is 12.3. The third kappa shape index (κ3) is 2.72. The van der Waals surface area contributed by atoms with Crippen molar-refractivity contribution in [3.05, 3.63) is 59.8 Å². The zero-order chi connectivity index (χ0) is 14.8. The van der Waals surface area contributed by atoms with Crippen molar-refractivity contribution >= 4 is 10.9 Å². The molecule has 0 atom stereocenters. The molecule has 0 fully saturated rings. The van der Waals surface area contributed by atoms with Gasteiger partial charge in [-0.2, -0.15) is 0 Å². The van der Waals surface area contributed by atoms with Crippen LogP contribution in [0.3, 0.4) is 0 Å². The Morgan fingerprint density at radius 2 is 1.81 bits per heavy atom. The van der Waals surface area contributed by atoms with Crippen LogP contribution >= 0.6 is 0 Å². The minimum atomic E-state index is 0.250. The number of benzene rings is 2. The fourth-order valence-corrected chi connectivity index (χ4v) is 2.61. The second-order valence-electron chi connectivity index (χ2n) is 5.22. The van der Waals surface area contributed by atoms with Crippen LogP contribution in [0.15, 0.2) is 48.5 Å². The lowest BCUT2D eigenvalue weighted by Crippen LogP contribution is -2.04. The third-order valence-corrected chi connectivity index (χ3v) is 3.69. The maximum atomic E-state index is 9.29. The summed E-state index contributed by atoms with van der Waals surface area (Å²) in [6, 6.07) is 15.5. The average Bonchev–Trinajstić information content (AvgIpc) is 2.83. The zero-order valence-electron chi connectivity index (χ0n) is 12.3. The van der Waals surface area contributed by atoms with Gasteiger partial charge in [-0.25, -0.2) is 0 Å². The van der Waals surface area contributed by atoms with Gasteiger partial charge < -0.3 is 14.4 Å². The summed E-state index contributed by atoms with van der Waals surface area (Å²) < 4.78 is 8.10. The summed E-state index contributed by atoms with van der Waals surface area (Å²) in [7, 11) is 0. The molecule has 3 heteroatoms. The Balaban J connectivity index is 1.88. The average molecular weight is 281 g/mol. The molecule has 0 radical (unpaired) electrons. The standard InChI is InChI=1S/C18H19NO2/c1-3-19-15(11-14-5-4-13(2)10-18(14)19)12-21-17-8-6-16(20)7-9-17/h4-11,20H,3,12H2,1-2H3. The van der Waals surface area contributed by atoms with E-state index in [4.69, 9.17) is 4.74 Å². The highest BCUT2D eigenvalue weighted by atomic mass is 16.5. The second kappa shape index (κ2) is 5.52. The molecule has 3 rings (SSSR count). The number of phenolic OH excluding ortho intramolecular Hbond substituents is 1. The van der Waals surface area contributed by atoms with Gasteiger partial charge >= 0.3 is 0 Å². The second-order valence-corrected chi connectivity index (χ2v) is 5.22. The smallest absolute Gasteiger partial charge is 0.128 e. The van der Waals surface area contributed by atoms with Crippen LogP contribution in [0.1, 0.15) is 18.2 Å². The minimum Gasteiger partial charge on any atom is -0.508 e. The van der Waals surface area contributed by atoms with Crippen molar-refractivity contribution < 1.29 is 9.84 Å². The Morgan fingerprint density at radius 1 is 1.05 bits per heavy atom. The Labute approximate surface area is 124 Å². The van der Waals surface area contributed by atoms with Crippen molar-refractivity contribution in [2.45, 2.75) is 27.0 Å². The molecule has 2 aromatic carbocycles. The van der Waals surface area contributed by atoms with Gasteiger partial charge in [-0.15, -0.1) is 0 Å². The molecule has 0 saturated carbocycles. The summed E-state index contributed by atoms with van der Waals surface area (Å²) in [5, 5.41) is 10.5. The summed E-state index contributed by atoms with van der Waals surface area (Å²) in [4.78, 5) is 0. The maximum Gasteiger partial charge on any atom is 0.128 e. The largest absolute Gasteiger partial charge is 0.508 e. The van der Waals surface area contributed by atoms with Crippen LogP contribution < -0.4 is 4.74 Å². The fraction of sp³-hybridized carbons (Fsp3) is 0.222. The maximum absolute atomic E-state index is 9.29. The van der Waals surface area contributed by atoms with Gasteiger partial charge in [0, 0.05) is 17.4 Å². The number of hydrogen-bond donors (Lipinski definition) is 1.